The van der Waals surface area contributed by atoms with E-state index in [0.717, 1.165) is 5.69 Å². The Bertz CT molecular complexity index is 3210. The van der Waals surface area contributed by atoms with Crippen LogP contribution < -0.4 is 4.90 Å². The fourth-order valence-corrected chi connectivity index (χ4v) is 11.6. The minimum Gasteiger partial charge on any atom is -0.310 e. The number of fused-ring (bicyclic) bond motifs is 10. The van der Waals surface area contributed by atoms with Crippen LogP contribution in [0.2, 0.25) is 0 Å². The molecule has 0 amide bonds. The van der Waals surface area contributed by atoms with E-state index in [0.29, 0.717) is 0 Å². The van der Waals surface area contributed by atoms with Crippen LogP contribution >= 0.6 is 0 Å². The minimum atomic E-state index is -0.110. The Morgan fingerprint density at radius 3 is 1.29 bits per heavy atom. The van der Waals surface area contributed by atoms with Crippen molar-refractivity contribution in [1.82, 2.24) is 0 Å². The molecule has 0 bridgehead atoms. The van der Waals surface area contributed by atoms with Crippen molar-refractivity contribution < 1.29 is 0 Å². The largest absolute Gasteiger partial charge is 0.310 e. The van der Waals surface area contributed by atoms with Gasteiger partial charge < -0.3 is 4.90 Å². The van der Waals surface area contributed by atoms with E-state index in [9.17, 15) is 0 Å². The van der Waals surface area contributed by atoms with Crippen molar-refractivity contribution >= 4 is 27.8 Å². The van der Waals surface area contributed by atoms with Gasteiger partial charge in [-0.25, -0.2) is 0 Å². The lowest BCUT2D eigenvalue weighted by molar-refractivity contribution is 0.660. The predicted octanol–water partition coefficient (Wildman–Crippen LogP) is 16.6. The Morgan fingerprint density at radius 1 is 0.290 bits per heavy atom. The summed E-state index contributed by atoms with van der Waals surface area (Å²) in [5, 5.41) is 2.52. The van der Waals surface area contributed by atoms with Crippen LogP contribution in [0, 0.1) is 0 Å². The summed E-state index contributed by atoms with van der Waals surface area (Å²) >= 11 is 0. The van der Waals surface area contributed by atoms with Gasteiger partial charge in [0.2, 0.25) is 0 Å². The molecule has 9 aromatic carbocycles. The van der Waals surface area contributed by atoms with Gasteiger partial charge in [0.15, 0.2) is 0 Å². The number of anilines is 3. The maximum absolute atomic E-state index is 2.48. The number of rotatable bonds is 5. The summed E-state index contributed by atoms with van der Waals surface area (Å²) in [6.07, 6.45) is 0. The van der Waals surface area contributed by atoms with Gasteiger partial charge in [-0.3, -0.25) is 0 Å². The molecule has 3 aliphatic rings. The van der Waals surface area contributed by atoms with Gasteiger partial charge in [0, 0.05) is 33.3 Å². The molecule has 0 aliphatic heterocycles. The summed E-state index contributed by atoms with van der Waals surface area (Å²) < 4.78 is 0. The average molecular weight is 796 g/mol. The first-order valence-electron chi connectivity index (χ1n) is 22.2. The summed E-state index contributed by atoms with van der Waals surface area (Å²) in [4.78, 5) is 2.48. The van der Waals surface area contributed by atoms with E-state index in [-0.39, 0.29) is 16.2 Å². The van der Waals surface area contributed by atoms with Gasteiger partial charge in [-0.1, -0.05) is 187 Å². The lowest BCUT2D eigenvalue weighted by Gasteiger charge is -2.30. The Kier molecular flexibility index (Phi) is 7.74. The van der Waals surface area contributed by atoms with Gasteiger partial charge in [0.1, 0.15) is 0 Å². The Hall–Kier alpha value is -6.96. The normalized spacial score (nSPS) is 15.3. The van der Waals surface area contributed by atoms with Crippen molar-refractivity contribution in [2.45, 2.75) is 57.8 Å². The van der Waals surface area contributed by atoms with E-state index in [1.165, 1.54) is 111 Å². The lowest BCUT2D eigenvalue weighted by Crippen LogP contribution is -2.18. The summed E-state index contributed by atoms with van der Waals surface area (Å²) in [7, 11) is 0. The average Bonchev–Trinajstić information content (AvgIpc) is 3.78. The van der Waals surface area contributed by atoms with Gasteiger partial charge in [-0.05, 0) is 142 Å². The third kappa shape index (κ3) is 5.15. The number of nitrogens with zero attached hydrogens (tertiary/aromatic N) is 1. The Balaban J connectivity index is 1.01. The van der Waals surface area contributed by atoms with Crippen molar-refractivity contribution in [1.29, 1.82) is 0 Å². The highest BCUT2D eigenvalue weighted by molar-refractivity contribution is 6.05. The second kappa shape index (κ2) is 13.0. The molecule has 12 rings (SSSR count). The zero-order chi connectivity index (χ0) is 42.1. The SMILES string of the molecule is CC1(C)c2ccccc2-c2cc(-c3c(-c4ccc(N(c5ccc6c(c5)C(C)(C)c5ccccc5-6)c5ccc6c(c5)C(C)(C)c5ccccc5-6)cc4)ccc4ccccc34)ccc21. The zero-order valence-electron chi connectivity index (χ0n) is 36.3. The molecule has 0 fully saturated rings. The molecule has 0 radical (unpaired) electrons. The topological polar surface area (TPSA) is 3.24 Å². The molecule has 0 spiro atoms. The van der Waals surface area contributed by atoms with Gasteiger partial charge >= 0.3 is 0 Å². The van der Waals surface area contributed by atoms with E-state index in [1.807, 2.05) is 0 Å². The third-order valence-electron chi connectivity index (χ3n) is 14.9. The molecule has 1 nitrogen and oxygen atoms in total. The maximum Gasteiger partial charge on any atom is 0.0465 e. The molecule has 9 aromatic rings. The first kappa shape index (κ1) is 36.9. The fourth-order valence-electron chi connectivity index (χ4n) is 11.6. The number of hydrogen-bond donors (Lipinski definition) is 0. The van der Waals surface area contributed by atoms with Crippen molar-refractivity contribution in [2.75, 3.05) is 4.90 Å². The first-order valence-corrected chi connectivity index (χ1v) is 22.2. The van der Waals surface area contributed by atoms with Crippen LogP contribution in [0.1, 0.15) is 74.9 Å². The standard InChI is InChI=1S/C61H49N/c1-59(2)54-22-14-11-19-48(54)51-35-40(26-34-55(51)59)58-44-16-8-7-15-38(44)25-31-45(58)39-23-27-41(28-24-39)62(42-29-32-49-46-17-9-12-20-52(46)60(3,4)56(49)36-42)43-30-33-50-47-18-10-13-21-53(47)61(5,6)57(50)37-43/h7-37H,1-6H3. The van der Waals surface area contributed by atoms with E-state index in [1.54, 1.807) is 0 Å². The summed E-state index contributed by atoms with van der Waals surface area (Å²) in [6, 6.07) is 71.0. The van der Waals surface area contributed by atoms with E-state index in [4.69, 9.17) is 0 Å². The van der Waals surface area contributed by atoms with E-state index in [2.05, 4.69) is 234 Å². The smallest absolute Gasteiger partial charge is 0.0465 e. The summed E-state index contributed by atoms with van der Waals surface area (Å²) in [6.45, 7) is 14.2. The second-order valence-corrected chi connectivity index (χ2v) is 19.3. The van der Waals surface area contributed by atoms with Crippen molar-refractivity contribution in [3.05, 3.63) is 221 Å². The Morgan fingerprint density at radius 2 is 0.710 bits per heavy atom. The van der Waals surface area contributed by atoms with Crippen LogP contribution in [0.4, 0.5) is 17.1 Å². The van der Waals surface area contributed by atoms with Crippen LogP contribution in [0.25, 0.3) is 66.4 Å². The molecule has 0 N–H and O–H groups in total. The molecular formula is C61H49N. The minimum absolute atomic E-state index is 0.0368. The molecule has 298 valence electrons. The molecule has 3 aliphatic carbocycles. The third-order valence-corrected chi connectivity index (χ3v) is 14.9. The summed E-state index contributed by atoms with van der Waals surface area (Å²) in [5.41, 5.74) is 24.5. The van der Waals surface area contributed by atoms with Crippen molar-refractivity contribution in [3.63, 3.8) is 0 Å². The molecule has 1 heteroatoms. The molecule has 0 saturated heterocycles. The highest BCUT2D eigenvalue weighted by atomic mass is 15.1. The van der Waals surface area contributed by atoms with Crippen LogP contribution in [0.15, 0.2) is 188 Å². The van der Waals surface area contributed by atoms with Crippen LogP contribution in [-0.4, -0.2) is 0 Å². The molecule has 0 saturated carbocycles. The molecule has 0 heterocycles. The highest BCUT2D eigenvalue weighted by Crippen LogP contribution is 2.54. The van der Waals surface area contributed by atoms with Crippen LogP contribution in [0.3, 0.4) is 0 Å². The van der Waals surface area contributed by atoms with E-state index >= 15 is 0 Å². The van der Waals surface area contributed by atoms with Crippen molar-refractivity contribution in [2.24, 2.45) is 0 Å². The monoisotopic (exact) mass is 795 g/mol. The number of hydrogen-bond acceptors (Lipinski definition) is 1. The predicted molar refractivity (Wildman–Crippen MR) is 262 cm³/mol. The maximum atomic E-state index is 2.48. The molecule has 0 unspecified atom stereocenters. The van der Waals surface area contributed by atoms with Crippen LogP contribution in [-0.2, 0) is 16.2 Å². The summed E-state index contributed by atoms with van der Waals surface area (Å²) in [5.74, 6) is 0. The van der Waals surface area contributed by atoms with Gasteiger partial charge in [-0.15, -0.1) is 0 Å². The molecule has 62 heavy (non-hydrogen) atoms. The van der Waals surface area contributed by atoms with Gasteiger partial charge in [0.25, 0.3) is 0 Å². The van der Waals surface area contributed by atoms with Gasteiger partial charge in [0.05, 0.1) is 0 Å². The zero-order valence-corrected chi connectivity index (χ0v) is 36.3. The molecule has 0 atom stereocenters. The lowest BCUT2D eigenvalue weighted by atomic mass is 9.81. The first-order chi connectivity index (χ1) is 30.0. The van der Waals surface area contributed by atoms with Crippen molar-refractivity contribution in [3.8, 4) is 55.6 Å². The van der Waals surface area contributed by atoms with E-state index < -0.39 is 0 Å². The Labute approximate surface area is 366 Å². The second-order valence-electron chi connectivity index (χ2n) is 19.3. The number of benzene rings is 9. The van der Waals surface area contributed by atoms with Crippen LogP contribution in [0.5, 0.6) is 0 Å². The molecular weight excluding hydrogens is 747 g/mol. The quantitative estimate of drug-likeness (QED) is 0.168. The fraction of sp³-hybridized carbons (Fsp3) is 0.148. The highest BCUT2D eigenvalue weighted by Gasteiger charge is 2.38. The molecule has 0 aromatic heterocycles. The van der Waals surface area contributed by atoms with Gasteiger partial charge in [-0.2, -0.15) is 0 Å².